The van der Waals surface area contributed by atoms with Crippen LogP contribution in [0.1, 0.15) is 10.4 Å². The molecular weight excluding hydrogens is 268 g/mol. The number of carbonyl (C=O) groups excluding carboxylic acids is 1. The number of ether oxygens (including phenoxy) is 2. The van der Waals surface area contributed by atoms with Gasteiger partial charge >= 0.3 is 5.97 Å². The van der Waals surface area contributed by atoms with Gasteiger partial charge in [0.2, 0.25) is 0 Å². The zero-order valence-corrected chi connectivity index (χ0v) is 10.2. The fourth-order valence-corrected chi connectivity index (χ4v) is 1.74. The van der Waals surface area contributed by atoms with Crippen molar-refractivity contribution in [1.82, 2.24) is 0 Å². The van der Waals surface area contributed by atoms with Crippen LogP contribution in [0.4, 0.5) is 0 Å². The molecule has 0 spiro atoms. The van der Waals surface area contributed by atoms with E-state index in [1.54, 1.807) is 12.1 Å². The molecule has 1 aromatic rings. The summed E-state index contributed by atoms with van der Waals surface area (Å²) in [6.07, 6.45) is 0. The van der Waals surface area contributed by atoms with Crippen molar-refractivity contribution in [2.75, 3.05) is 14.2 Å². The molecule has 0 unspecified atom stereocenters. The molecule has 0 aliphatic carbocycles. The van der Waals surface area contributed by atoms with E-state index < -0.39 is 5.97 Å². The average Bonchev–Trinajstić information content (AvgIpc) is 2.19. The molecule has 1 aromatic carbocycles. The Labute approximate surface area is 95.9 Å². The predicted molar refractivity (Wildman–Crippen MR) is 59.3 cm³/mol. The Morgan fingerprint density at radius 1 is 1.43 bits per heavy atom. The Morgan fingerprint density at radius 2 is 2.07 bits per heavy atom. The molecule has 0 heterocycles. The van der Waals surface area contributed by atoms with Crippen molar-refractivity contribution >= 4 is 34.5 Å². The second-order valence-corrected chi connectivity index (χ2v) is 3.86. The van der Waals surface area contributed by atoms with Gasteiger partial charge in [0.15, 0.2) is 0 Å². The fourth-order valence-electron chi connectivity index (χ4n) is 0.995. The highest BCUT2D eigenvalue weighted by atomic mass is 79.9. The van der Waals surface area contributed by atoms with Crippen LogP contribution in [0, 0.1) is 0 Å². The molecule has 0 aliphatic heterocycles. The number of hydrogen-bond donors (Lipinski definition) is 1. The Morgan fingerprint density at radius 3 is 2.57 bits per heavy atom. The molecule has 0 saturated carbocycles. The van der Waals surface area contributed by atoms with Crippen LogP contribution in [0.5, 0.6) is 5.75 Å². The minimum atomic E-state index is -0.436. The van der Waals surface area contributed by atoms with Gasteiger partial charge in [0, 0.05) is 4.47 Å². The van der Waals surface area contributed by atoms with Gasteiger partial charge in [-0.15, -0.1) is 12.6 Å². The van der Waals surface area contributed by atoms with Gasteiger partial charge in [-0.2, -0.15) is 0 Å². The zero-order valence-electron chi connectivity index (χ0n) is 7.70. The number of benzene rings is 1. The zero-order chi connectivity index (χ0) is 10.7. The lowest BCUT2D eigenvalue weighted by molar-refractivity contribution is 0.0596. The van der Waals surface area contributed by atoms with E-state index in [0.717, 1.165) is 4.47 Å². The van der Waals surface area contributed by atoms with Crippen molar-refractivity contribution in [1.29, 1.82) is 0 Å². The third-order valence-electron chi connectivity index (χ3n) is 1.66. The summed E-state index contributed by atoms with van der Waals surface area (Å²) < 4.78 is 10.4. The number of rotatable bonds is 2. The molecule has 0 saturated heterocycles. The van der Waals surface area contributed by atoms with Crippen LogP contribution in [0.3, 0.4) is 0 Å². The minimum Gasteiger partial charge on any atom is -0.496 e. The van der Waals surface area contributed by atoms with Crippen molar-refractivity contribution in [3.05, 3.63) is 22.2 Å². The lowest BCUT2D eigenvalue weighted by Gasteiger charge is -2.08. The highest BCUT2D eigenvalue weighted by Gasteiger charge is 2.14. The second kappa shape index (κ2) is 4.70. The van der Waals surface area contributed by atoms with Gasteiger partial charge in [0.1, 0.15) is 5.75 Å². The first kappa shape index (κ1) is 11.4. The van der Waals surface area contributed by atoms with Gasteiger partial charge in [-0.05, 0) is 12.1 Å². The van der Waals surface area contributed by atoms with Gasteiger partial charge in [0.25, 0.3) is 0 Å². The summed E-state index contributed by atoms with van der Waals surface area (Å²) in [5, 5.41) is 0. The molecule has 0 N–H and O–H groups in total. The van der Waals surface area contributed by atoms with Gasteiger partial charge in [-0.3, -0.25) is 0 Å². The van der Waals surface area contributed by atoms with E-state index in [0.29, 0.717) is 16.2 Å². The summed E-state index contributed by atoms with van der Waals surface area (Å²) in [4.78, 5) is 11.8. The lowest BCUT2D eigenvalue weighted by Crippen LogP contribution is -2.03. The van der Waals surface area contributed by atoms with Crippen LogP contribution in [-0.4, -0.2) is 20.2 Å². The lowest BCUT2D eigenvalue weighted by atomic mass is 10.2. The maximum Gasteiger partial charge on any atom is 0.339 e. The van der Waals surface area contributed by atoms with E-state index in [-0.39, 0.29) is 0 Å². The minimum absolute atomic E-state index is 0.377. The van der Waals surface area contributed by atoms with Gasteiger partial charge in [-0.25, -0.2) is 4.79 Å². The monoisotopic (exact) mass is 276 g/mol. The van der Waals surface area contributed by atoms with Crippen LogP contribution in [-0.2, 0) is 4.74 Å². The summed E-state index contributed by atoms with van der Waals surface area (Å²) >= 11 is 7.45. The molecule has 3 nitrogen and oxygen atoms in total. The Balaban J connectivity index is 3.29. The summed E-state index contributed by atoms with van der Waals surface area (Å²) in [7, 11) is 2.84. The highest BCUT2D eigenvalue weighted by Crippen LogP contribution is 2.30. The quantitative estimate of drug-likeness (QED) is 0.666. The van der Waals surface area contributed by atoms with Crippen molar-refractivity contribution in [3.63, 3.8) is 0 Å². The Bertz CT molecular complexity index is 365. The third-order valence-corrected chi connectivity index (χ3v) is 2.58. The maximum atomic E-state index is 11.3. The SMILES string of the molecule is COC(=O)c1cc(Br)cc(OC)c1S. The number of hydrogen-bond acceptors (Lipinski definition) is 4. The van der Waals surface area contributed by atoms with Crippen LogP contribution in [0.2, 0.25) is 0 Å². The standard InChI is InChI=1S/C9H9BrO3S/c1-12-7-4-5(10)3-6(8(7)14)9(11)13-2/h3-4,14H,1-2H3. The molecule has 0 aliphatic rings. The molecular formula is C9H9BrO3S. The van der Waals surface area contributed by atoms with E-state index in [1.807, 2.05) is 0 Å². The largest absolute Gasteiger partial charge is 0.496 e. The van der Waals surface area contributed by atoms with E-state index in [2.05, 4.69) is 33.3 Å². The van der Waals surface area contributed by atoms with E-state index >= 15 is 0 Å². The highest BCUT2D eigenvalue weighted by molar-refractivity contribution is 9.10. The molecule has 0 bridgehead atoms. The first-order chi connectivity index (χ1) is 6.60. The van der Waals surface area contributed by atoms with Crippen LogP contribution in [0.25, 0.3) is 0 Å². The van der Waals surface area contributed by atoms with Crippen molar-refractivity contribution < 1.29 is 14.3 Å². The first-order valence-corrected chi connectivity index (χ1v) is 4.99. The summed E-state index contributed by atoms with van der Waals surface area (Å²) in [6, 6.07) is 3.37. The maximum absolute atomic E-state index is 11.3. The van der Waals surface area contributed by atoms with Crippen LogP contribution >= 0.6 is 28.6 Å². The van der Waals surface area contributed by atoms with E-state index in [4.69, 9.17) is 4.74 Å². The number of carbonyl (C=O) groups is 1. The first-order valence-electron chi connectivity index (χ1n) is 3.75. The molecule has 5 heteroatoms. The molecule has 1 rings (SSSR count). The summed E-state index contributed by atoms with van der Waals surface area (Å²) in [5.74, 6) is 0.0951. The smallest absolute Gasteiger partial charge is 0.339 e. The fraction of sp³-hybridized carbons (Fsp3) is 0.222. The van der Waals surface area contributed by atoms with Crippen LogP contribution in [0.15, 0.2) is 21.5 Å². The number of thiol groups is 1. The molecule has 14 heavy (non-hydrogen) atoms. The van der Waals surface area contributed by atoms with E-state index in [1.165, 1.54) is 14.2 Å². The van der Waals surface area contributed by atoms with Crippen LogP contribution < -0.4 is 4.74 Å². The normalized spacial score (nSPS) is 9.71. The molecule has 0 atom stereocenters. The molecule has 0 aromatic heterocycles. The molecule has 0 amide bonds. The van der Waals surface area contributed by atoms with Gasteiger partial charge < -0.3 is 9.47 Å². The summed E-state index contributed by atoms with van der Waals surface area (Å²) in [5.41, 5.74) is 0.377. The van der Waals surface area contributed by atoms with Gasteiger partial charge in [-0.1, -0.05) is 15.9 Å². The third kappa shape index (κ3) is 2.22. The van der Waals surface area contributed by atoms with E-state index in [9.17, 15) is 4.79 Å². The average molecular weight is 277 g/mol. The summed E-state index contributed by atoms with van der Waals surface area (Å²) in [6.45, 7) is 0. The van der Waals surface area contributed by atoms with Crippen molar-refractivity contribution in [2.24, 2.45) is 0 Å². The Kier molecular flexibility index (Phi) is 3.83. The molecule has 0 fully saturated rings. The van der Waals surface area contributed by atoms with Crippen molar-refractivity contribution in [2.45, 2.75) is 4.90 Å². The second-order valence-electron chi connectivity index (χ2n) is 2.50. The van der Waals surface area contributed by atoms with Crippen molar-refractivity contribution in [3.8, 4) is 5.75 Å². The topological polar surface area (TPSA) is 35.5 Å². The number of esters is 1. The molecule has 76 valence electrons. The number of methoxy groups -OCH3 is 2. The predicted octanol–water partition coefficient (Wildman–Crippen LogP) is 2.53. The van der Waals surface area contributed by atoms with Gasteiger partial charge in [0.05, 0.1) is 24.7 Å². The Hall–Kier alpha value is -0.680. The molecule has 0 radical (unpaired) electrons. The number of halogens is 1.